The first-order valence-corrected chi connectivity index (χ1v) is 14.4. The number of nitrogens with zero attached hydrogens (tertiary/aromatic N) is 2. The van der Waals surface area contributed by atoms with Crippen LogP contribution in [0.1, 0.15) is 30.0 Å². The van der Waals surface area contributed by atoms with Crippen LogP contribution in [0.4, 0.5) is 0 Å². The van der Waals surface area contributed by atoms with Gasteiger partial charge in [-0.2, -0.15) is 5.10 Å². The molecule has 0 aliphatic heterocycles. The van der Waals surface area contributed by atoms with E-state index in [1.54, 1.807) is 0 Å². The summed E-state index contributed by atoms with van der Waals surface area (Å²) in [5.74, 6) is 0.839. The molecule has 4 rings (SSSR count). The van der Waals surface area contributed by atoms with Gasteiger partial charge in [-0.3, -0.25) is 0 Å². The van der Waals surface area contributed by atoms with Crippen LogP contribution in [-0.2, 0) is 0 Å². The van der Waals surface area contributed by atoms with Crippen LogP contribution in [0.2, 0.25) is 0 Å². The first kappa shape index (κ1) is 22.0. The number of benzene rings is 3. The Labute approximate surface area is 197 Å². The van der Waals surface area contributed by atoms with Crippen molar-refractivity contribution in [2.45, 2.75) is 13.3 Å². The van der Waals surface area contributed by atoms with Gasteiger partial charge in [-0.25, -0.2) is 4.45 Å². The number of nitrogens with two attached hydrogens (primary N) is 1. The lowest BCUT2D eigenvalue weighted by Crippen LogP contribution is -2.10. The van der Waals surface area contributed by atoms with E-state index in [0.717, 1.165) is 17.6 Å². The van der Waals surface area contributed by atoms with Crippen molar-refractivity contribution in [1.29, 1.82) is 0 Å². The van der Waals surface area contributed by atoms with Gasteiger partial charge < -0.3 is 10.5 Å². The zero-order chi connectivity index (χ0) is 21.6. The molecule has 1 aromatic heterocycles. The maximum absolute atomic E-state index is 5.69. The molecular formula is C25H25IN3OP. The summed E-state index contributed by atoms with van der Waals surface area (Å²) in [5, 5.41) is 5.69. The Bertz CT molecular complexity index is 1190. The van der Waals surface area contributed by atoms with E-state index in [0.29, 0.717) is 19.5 Å². The van der Waals surface area contributed by atoms with Crippen LogP contribution in [0, 0.1) is 0 Å². The van der Waals surface area contributed by atoms with Gasteiger partial charge in [0.1, 0.15) is 12.4 Å². The molecule has 2 N–H and O–H groups in total. The zero-order valence-corrected chi connectivity index (χ0v) is 20.5. The Morgan fingerprint density at radius 1 is 1.00 bits per heavy atom. The van der Waals surface area contributed by atoms with Crippen molar-refractivity contribution in [3.8, 4) is 5.75 Å². The Kier molecular flexibility index (Phi) is 7.38. The molecule has 3 aromatic carbocycles. The smallest absolute Gasteiger partial charge is 0.119 e. The molecule has 1 atom stereocenters. The fourth-order valence-corrected chi connectivity index (χ4v) is 5.38. The third-order valence-electron chi connectivity index (χ3n) is 5.24. The lowest BCUT2D eigenvalue weighted by molar-refractivity contribution is 0.328. The topological polar surface area (TPSA) is 53.1 Å². The van der Waals surface area contributed by atoms with Crippen LogP contribution < -0.4 is 10.5 Å². The van der Waals surface area contributed by atoms with E-state index in [1.165, 1.54) is 33.4 Å². The minimum atomic E-state index is 0.506. The summed E-state index contributed by atoms with van der Waals surface area (Å²) in [7, 11) is 0. The van der Waals surface area contributed by atoms with Gasteiger partial charge in [-0.1, -0.05) is 55.5 Å². The van der Waals surface area contributed by atoms with Crippen molar-refractivity contribution in [1.82, 2.24) is 9.55 Å². The van der Waals surface area contributed by atoms with Crippen molar-refractivity contribution < 1.29 is 4.74 Å². The molecule has 158 valence electrons. The van der Waals surface area contributed by atoms with Crippen LogP contribution in [0.15, 0.2) is 79.0 Å². The highest BCUT2D eigenvalue weighted by Crippen LogP contribution is 2.37. The molecule has 6 heteroatoms. The number of halogens is 1. The molecular weight excluding hydrogens is 516 g/mol. The van der Waals surface area contributed by atoms with E-state index in [2.05, 4.69) is 94.7 Å². The number of allylic oxidation sites excluding steroid dienone is 1. The van der Waals surface area contributed by atoms with E-state index in [-0.39, 0.29) is 0 Å². The summed E-state index contributed by atoms with van der Waals surface area (Å²) in [6, 6.07) is 25.6. The molecule has 1 heterocycles. The fourth-order valence-electron chi connectivity index (χ4n) is 3.83. The lowest BCUT2D eigenvalue weighted by atomic mass is 9.88. The molecule has 0 saturated heterocycles. The Hall–Kier alpha value is -2.21. The molecule has 0 spiro atoms. The maximum Gasteiger partial charge on any atom is 0.119 e. The summed E-state index contributed by atoms with van der Waals surface area (Å²) in [6.45, 7) is 3.24. The van der Waals surface area contributed by atoms with Gasteiger partial charge in [0.25, 0.3) is 0 Å². The largest absolute Gasteiger partial charge is 0.492 e. The second-order valence-corrected chi connectivity index (χ2v) is 9.19. The molecule has 0 bridgehead atoms. The minimum Gasteiger partial charge on any atom is -0.492 e. The number of aromatic nitrogens is 2. The Morgan fingerprint density at radius 3 is 2.42 bits per heavy atom. The van der Waals surface area contributed by atoms with Gasteiger partial charge in [-0.15, -0.1) is 0 Å². The van der Waals surface area contributed by atoms with E-state index in [9.17, 15) is 0 Å². The quantitative estimate of drug-likeness (QED) is 0.157. The van der Waals surface area contributed by atoms with Crippen molar-refractivity contribution in [3.05, 3.63) is 95.7 Å². The lowest BCUT2D eigenvalue weighted by Gasteiger charge is -2.17. The molecule has 1 unspecified atom stereocenters. The maximum atomic E-state index is 5.69. The number of hydrogen-bond donors (Lipinski definition) is 1. The number of rotatable bonds is 8. The van der Waals surface area contributed by atoms with E-state index >= 15 is 0 Å². The van der Waals surface area contributed by atoms with Crippen LogP contribution in [-0.4, -0.2) is 22.7 Å². The molecule has 0 amide bonds. The van der Waals surface area contributed by atoms with Gasteiger partial charge in [0, 0.05) is 11.9 Å². The number of hydrogen-bond acceptors (Lipinski definition) is 3. The van der Waals surface area contributed by atoms with Crippen LogP contribution in [0.25, 0.3) is 22.0 Å². The van der Waals surface area contributed by atoms with Crippen LogP contribution >= 0.6 is 28.4 Å². The molecule has 0 saturated carbocycles. The average Bonchev–Trinajstić information content (AvgIpc) is 3.24. The third kappa shape index (κ3) is 4.84. The number of fused-ring (bicyclic) bond motifs is 1. The molecule has 0 aliphatic rings. The van der Waals surface area contributed by atoms with Gasteiger partial charge in [0.05, 0.1) is 18.1 Å². The van der Waals surface area contributed by atoms with Crippen molar-refractivity contribution in [3.63, 3.8) is 0 Å². The summed E-state index contributed by atoms with van der Waals surface area (Å²) in [4.78, 5) is 0. The van der Waals surface area contributed by atoms with Gasteiger partial charge in [0.2, 0.25) is 0 Å². The highest BCUT2D eigenvalue weighted by molar-refractivity contribution is 14.2. The van der Waals surface area contributed by atoms with Crippen LogP contribution in [0.5, 0.6) is 5.75 Å². The van der Waals surface area contributed by atoms with E-state index in [4.69, 9.17) is 10.5 Å². The summed E-state index contributed by atoms with van der Waals surface area (Å²) in [6.07, 6.45) is 3.47. The SMILES string of the molecule is CC/C(=C(/c1ccc(OCCN)cc1)c1ccc2c(cnn2PI)c1)c1ccccc1. The fraction of sp³-hybridized carbons (Fsp3) is 0.160. The molecule has 0 aliphatic carbocycles. The van der Waals surface area contributed by atoms with Crippen molar-refractivity contribution >= 4 is 50.5 Å². The Balaban J connectivity index is 1.88. The van der Waals surface area contributed by atoms with Crippen LogP contribution in [0.3, 0.4) is 0 Å². The van der Waals surface area contributed by atoms with E-state index < -0.39 is 0 Å². The first-order valence-electron chi connectivity index (χ1n) is 10.3. The highest BCUT2D eigenvalue weighted by atomic mass is 127. The monoisotopic (exact) mass is 541 g/mol. The Morgan fingerprint density at radius 2 is 1.74 bits per heavy atom. The zero-order valence-electron chi connectivity index (χ0n) is 17.4. The van der Waals surface area contributed by atoms with Crippen molar-refractivity contribution in [2.75, 3.05) is 13.2 Å². The molecule has 31 heavy (non-hydrogen) atoms. The molecule has 4 nitrogen and oxygen atoms in total. The predicted octanol–water partition coefficient (Wildman–Crippen LogP) is 6.53. The van der Waals surface area contributed by atoms with Gasteiger partial charge >= 0.3 is 0 Å². The molecule has 4 aromatic rings. The summed E-state index contributed by atoms with van der Waals surface area (Å²) in [5.41, 5.74) is 12.9. The second-order valence-electron chi connectivity index (χ2n) is 7.15. The third-order valence-corrected chi connectivity index (χ3v) is 7.13. The summed E-state index contributed by atoms with van der Waals surface area (Å²) < 4.78 is 7.73. The van der Waals surface area contributed by atoms with Crippen molar-refractivity contribution in [2.24, 2.45) is 5.73 Å². The number of ether oxygens (including phenoxy) is 1. The first-order chi connectivity index (χ1) is 15.2. The van der Waals surface area contributed by atoms with Gasteiger partial charge in [0.15, 0.2) is 0 Å². The second kappa shape index (κ2) is 10.4. The normalized spacial score (nSPS) is 12.5. The summed E-state index contributed by atoms with van der Waals surface area (Å²) >= 11 is 2.37. The van der Waals surface area contributed by atoms with E-state index in [1.807, 2.05) is 22.8 Å². The highest BCUT2D eigenvalue weighted by Gasteiger charge is 2.15. The standard InChI is InChI=1S/C25H25IN3OP/c1-2-23(18-6-4-3-5-7-18)25(19-8-11-22(12-9-19)30-15-14-27)20-10-13-24-21(16-20)17-28-29(24)31-26/h3-13,16-17,31H,2,14-15,27H2,1H3/b25-23+. The average molecular weight is 541 g/mol. The predicted molar refractivity (Wildman–Crippen MR) is 141 cm³/mol. The minimum absolute atomic E-state index is 0.506. The molecule has 0 fully saturated rings. The van der Waals surface area contributed by atoms with Gasteiger partial charge in [-0.05, 0) is 80.6 Å². The molecule has 0 radical (unpaired) electrons.